The first kappa shape index (κ1) is 20.1. The van der Waals surface area contributed by atoms with Gasteiger partial charge in [0, 0.05) is 30.7 Å². The van der Waals surface area contributed by atoms with Crippen LogP contribution in [-0.2, 0) is 11.8 Å². The van der Waals surface area contributed by atoms with Crippen molar-refractivity contribution < 1.29 is 4.79 Å². The highest BCUT2D eigenvalue weighted by atomic mass is 32.2. The number of pyridine rings is 1. The summed E-state index contributed by atoms with van der Waals surface area (Å²) in [6.07, 6.45) is 4.47. The lowest BCUT2D eigenvalue weighted by atomic mass is 9.97. The molecule has 28 heavy (non-hydrogen) atoms. The van der Waals surface area contributed by atoms with Gasteiger partial charge in [-0.05, 0) is 43.0 Å². The van der Waals surface area contributed by atoms with Crippen molar-refractivity contribution in [3.8, 4) is 11.4 Å². The molecule has 0 unspecified atom stereocenters. The largest absolute Gasteiger partial charge is 0.325 e. The second-order valence-corrected chi connectivity index (χ2v) is 8.05. The van der Waals surface area contributed by atoms with E-state index < -0.39 is 0 Å². The van der Waals surface area contributed by atoms with Crippen LogP contribution in [0.4, 0.5) is 5.69 Å². The van der Waals surface area contributed by atoms with E-state index in [9.17, 15) is 4.79 Å². The lowest BCUT2D eigenvalue weighted by Gasteiger charge is -2.17. The average Bonchev–Trinajstić information content (AvgIpc) is 3.08. The summed E-state index contributed by atoms with van der Waals surface area (Å²) in [6.45, 7) is 6.20. The predicted molar refractivity (Wildman–Crippen MR) is 113 cm³/mol. The van der Waals surface area contributed by atoms with Crippen molar-refractivity contribution in [3.05, 3.63) is 54.4 Å². The Bertz CT molecular complexity index is 941. The molecular weight excluding hydrogens is 370 g/mol. The summed E-state index contributed by atoms with van der Waals surface area (Å²) in [5, 5.41) is 12.0. The smallest absolute Gasteiger partial charge is 0.237 e. The van der Waals surface area contributed by atoms with Crippen LogP contribution < -0.4 is 5.32 Å². The molecule has 3 rings (SSSR count). The molecule has 1 amide bonds. The van der Waals surface area contributed by atoms with E-state index in [1.165, 1.54) is 11.8 Å². The molecule has 6 nitrogen and oxygen atoms in total. The highest BCUT2D eigenvalue weighted by Gasteiger charge is 2.20. The molecule has 7 heteroatoms. The first-order valence-corrected chi connectivity index (χ1v) is 10.3. The van der Waals surface area contributed by atoms with Gasteiger partial charge in [-0.2, -0.15) is 0 Å². The number of para-hydroxylation sites is 1. The van der Waals surface area contributed by atoms with Gasteiger partial charge in [-0.1, -0.05) is 43.8 Å². The Morgan fingerprint density at radius 2 is 1.86 bits per heavy atom. The van der Waals surface area contributed by atoms with E-state index >= 15 is 0 Å². The summed E-state index contributed by atoms with van der Waals surface area (Å²) < 4.78 is 1.90. The van der Waals surface area contributed by atoms with Crippen LogP contribution in [0.15, 0.2) is 53.9 Å². The highest BCUT2D eigenvalue weighted by molar-refractivity contribution is 8.00. The summed E-state index contributed by atoms with van der Waals surface area (Å²) in [7, 11) is 1.90. The maximum absolute atomic E-state index is 12.8. The maximum Gasteiger partial charge on any atom is 0.237 e. The number of thioether (sulfide) groups is 1. The summed E-state index contributed by atoms with van der Waals surface area (Å²) in [6, 6.07) is 11.8. The van der Waals surface area contributed by atoms with E-state index in [1.54, 1.807) is 12.4 Å². The van der Waals surface area contributed by atoms with Crippen LogP contribution in [0, 0.1) is 0 Å². The van der Waals surface area contributed by atoms with Gasteiger partial charge in [0.2, 0.25) is 5.91 Å². The first-order valence-electron chi connectivity index (χ1n) is 9.37. The van der Waals surface area contributed by atoms with Crippen LogP contribution in [0.1, 0.15) is 38.7 Å². The van der Waals surface area contributed by atoms with Crippen molar-refractivity contribution in [2.24, 2.45) is 7.05 Å². The molecule has 0 aliphatic rings. The van der Waals surface area contributed by atoms with Gasteiger partial charge >= 0.3 is 0 Å². The van der Waals surface area contributed by atoms with Crippen molar-refractivity contribution in [1.29, 1.82) is 0 Å². The fraction of sp³-hybridized carbons (Fsp3) is 0.333. The Balaban J connectivity index is 1.72. The minimum atomic E-state index is -0.307. The quantitative estimate of drug-likeness (QED) is 0.596. The van der Waals surface area contributed by atoms with E-state index in [-0.39, 0.29) is 11.2 Å². The van der Waals surface area contributed by atoms with Crippen molar-refractivity contribution in [1.82, 2.24) is 19.7 Å². The zero-order valence-corrected chi connectivity index (χ0v) is 17.4. The molecule has 0 saturated heterocycles. The molecule has 2 heterocycles. The maximum atomic E-state index is 12.8. The van der Waals surface area contributed by atoms with Crippen LogP contribution >= 0.6 is 11.8 Å². The standard InChI is InChI=1S/C21H25N5OS/c1-5-14(2)17-8-6-7-9-18(17)23-20(27)15(3)28-21-25-24-19(26(21)4)16-10-12-22-13-11-16/h6-15H,5H2,1-4H3,(H,23,27)/t14-,15+/m1/s1. The number of hydrogen-bond donors (Lipinski definition) is 1. The monoisotopic (exact) mass is 395 g/mol. The third kappa shape index (κ3) is 4.42. The summed E-state index contributed by atoms with van der Waals surface area (Å²) in [5.74, 6) is 1.09. The van der Waals surface area contributed by atoms with Crippen LogP contribution in [-0.4, -0.2) is 30.9 Å². The average molecular weight is 396 g/mol. The van der Waals surface area contributed by atoms with Crippen LogP contribution in [0.5, 0.6) is 0 Å². The Kier molecular flexibility index (Phi) is 6.46. The summed E-state index contributed by atoms with van der Waals surface area (Å²) >= 11 is 1.39. The number of hydrogen-bond acceptors (Lipinski definition) is 5. The molecule has 1 N–H and O–H groups in total. The number of rotatable bonds is 7. The number of carbonyl (C=O) groups excluding carboxylic acids is 1. The van der Waals surface area contributed by atoms with E-state index in [0.29, 0.717) is 11.1 Å². The zero-order valence-electron chi connectivity index (χ0n) is 16.6. The lowest BCUT2D eigenvalue weighted by Crippen LogP contribution is -2.23. The molecule has 0 spiro atoms. The Hall–Kier alpha value is -2.67. The topological polar surface area (TPSA) is 72.7 Å². The molecule has 2 aromatic heterocycles. The number of aromatic nitrogens is 4. The highest BCUT2D eigenvalue weighted by Crippen LogP contribution is 2.29. The van der Waals surface area contributed by atoms with Gasteiger partial charge in [0.1, 0.15) is 0 Å². The van der Waals surface area contributed by atoms with E-state index in [2.05, 4.69) is 40.4 Å². The Labute approximate surface area is 169 Å². The molecule has 0 saturated carbocycles. The molecular formula is C21H25N5OS. The van der Waals surface area contributed by atoms with Gasteiger partial charge < -0.3 is 9.88 Å². The molecule has 0 radical (unpaired) electrons. The normalized spacial score (nSPS) is 13.1. The Morgan fingerprint density at radius 1 is 1.14 bits per heavy atom. The van der Waals surface area contributed by atoms with Crippen molar-refractivity contribution in [2.75, 3.05) is 5.32 Å². The van der Waals surface area contributed by atoms with Crippen LogP contribution in [0.3, 0.4) is 0 Å². The second kappa shape index (κ2) is 9.01. The fourth-order valence-electron chi connectivity index (χ4n) is 2.88. The van der Waals surface area contributed by atoms with Crippen LogP contribution in [0.2, 0.25) is 0 Å². The van der Waals surface area contributed by atoms with E-state index in [4.69, 9.17) is 0 Å². The number of nitrogens with zero attached hydrogens (tertiary/aromatic N) is 4. The third-order valence-electron chi connectivity index (χ3n) is 4.79. The second-order valence-electron chi connectivity index (χ2n) is 6.75. The molecule has 2 atom stereocenters. The number of anilines is 1. The fourth-order valence-corrected chi connectivity index (χ4v) is 3.69. The van der Waals surface area contributed by atoms with E-state index in [1.807, 2.05) is 48.9 Å². The van der Waals surface area contributed by atoms with Gasteiger partial charge in [-0.15, -0.1) is 10.2 Å². The van der Waals surface area contributed by atoms with Crippen molar-refractivity contribution in [3.63, 3.8) is 0 Å². The summed E-state index contributed by atoms with van der Waals surface area (Å²) in [5.41, 5.74) is 2.98. The van der Waals surface area contributed by atoms with Crippen molar-refractivity contribution in [2.45, 2.75) is 43.5 Å². The van der Waals surface area contributed by atoms with Gasteiger partial charge in [-0.25, -0.2) is 0 Å². The SMILES string of the molecule is CC[C@@H](C)c1ccccc1NC(=O)[C@H](C)Sc1nnc(-c2ccncc2)n1C. The number of amides is 1. The number of benzene rings is 1. The number of carbonyl (C=O) groups is 1. The molecule has 0 bridgehead atoms. The molecule has 146 valence electrons. The Morgan fingerprint density at radius 3 is 2.57 bits per heavy atom. The van der Waals surface area contributed by atoms with Gasteiger partial charge in [0.05, 0.1) is 5.25 Å². The molecule has 1 aromatic carbocycles. The van der Waals surface area contributed by atoms with Crippen molar-refractivity contribution >= 4 is 23.4 Å². The molecule has 0 aliphatic heterocycles. The van der Waals surface area contributed by atoms with Gasteiger partial charge in [0.15, 0.2) is 11.0 Å². The third-order valence-corrected chi connectivity index (χ3v) is 5.92. The zero-order chi connectivity index (χ0) is 20.1. The predicted octanol–water partition coefficient (Wildman–Crippen LogP) is 4.51. The van der Waals surface area contributed by atoms with Crippen LogP contribution in [0.25, 0.3) is 11.4 Å². The molecule has 0 fully saturated rings. The minimum Gasteiger partial charge on any atom is -0.325 e. The first-order chi connectivity index (χ1) is 13.5. The summed E-state index contributed by atoms with van der Waals surface area (Å²) in [4.78, 5) is 16.8. The number of nitrogens with one attached hydrogen (secondary N) is 1. The molecule has 3 aromatic rings. The van der Waals surface area contributed by atoms with Gasteiger partial charge in [-0.3, -0.25) is 9.78 Å². The van der Waals surface area contributed by atoms with E-state index in [0.717, 1.165) is 29.1 Å². The lowest BCUT2D eigenvalue weighted by molar-refractivity contribution is -0.115. The minimum absolute atomic E-state index is 0.0470. The molecule has 0 aliphatic carbocycles. The van der Waals surface area contributed by atoms with Gasteiger partial charge in [0.25, 0.3) is 0 Å².